The largest absolute Gasteiger partial charge is 0.459 e. The molecule has 3 aromatic rings. The standard InChI is InChI=1S/C16H19N3O/c1-3-6-17-15(16-18-7-8-19-16)14-10-12-9-11(2)4-5-13(12)20-14/h4-5,7-10,15,17H,3,6H2,1-2H3,(H,18,19). The Bertz CT molecular complexity index is 685. The van der Waals surface area contributed by atoms with Gasteiger partial charge < -0.3 is 14.7 Å². The normalized spacial score (nSPS) is 12.9. The number of aromatic nitrogens is 2. The molecule has 0 spiro atoms. The highest BCUT2D eigenvalue weighted by Crippen LogP contribution is 2.27. The topological polar surface area (TPSA) is 53.9 Å². The first-order valence-electron chi connectivity index (χ1n) is 7.00. The van der Waals surface area contributed by atoms with Crippen LogP contribution in [0.25, 0.3) is 11.0 Å². The lowest BCUT2D eigenvalue weighted by Crippen LogP contribution is -2.23. The highest BCUT2D eigenvalue weighted by atomic mass is 16.3. The van der Waals surface area contributed by atoms with Crippen LogP contribution in [0.2, 0.25) is 0 Å². The van der Waals surface area contributed by atoms with Crippen molar-refractivity contribution in [1.82, 2.24) is 15.3 Å². The molecule has 1 unspecified atom stereocenters. The van der Waals surface area contributed by atoms with Crippen LogP contribution in [0.1, 0.15) is 36.5 Å². The van der Waals surface area contributed by atoms with Crippen molar-refractivity contribution in [3.8, 4) is 0 Å². The van der Waals surface area contributed by atoms with Gasteiger partial charge in [0.25, 0.3) is 0 Å². The molecule has 0 aliphatic carbocycles. The number of aromatic amines is 1. The Morgan fingerprint density at radius 1 is 1.35 bits per heavy atom. The Morgan fingerprint density at radius 2 is 2.25 bits per heavy atom. The summed E-state index contributed by atoms with van der Waals surface area (Å²) in [5.74, 6) is 1.78. The van der Waals surface area contributed by atoms with E-state index in [-0.39, 0.29) is 6.04 Å². The van der Waals surface area contributed by atoms with E-state index in [2.05, 4.69) is 47.3 Å². The molecule has 0 saturated heterocycles. The van der Waals surface area contributed by atoms with Gasteiger partial charge >= 0.3 is 0 Å². The lowest BCUT2D eigenvalue weighted by Gasteiger charge is -2.13. The van der Waals surface area contributed by atoms with Gasteiger partial charge in [0.2, 0.25) is 0 Å². The minimum atomic E-state index is -0.0299. The van der Waals surface area contributed by atoms with Crippen LogP contribution in [0.3, 0.4) is 0 Å². The van der Waals surface area contributed by atoms with E-state index < -0.39 is 0 Å². The molecule has 0 bridgehead atoms. The minimum absolute atomic E-state index is 0.0299. The van der Waals surface area contributed by atoms with Gasteiger partial charge in [-0.25, -0.2) is 4.98 Å². The predicted molar refractivity (Wildman–Crippen MR) is 79.7 cm³/mol. The summed E-state index contributed by atoms with van der Waals surface area (Å²) in [6, 6.07) is 8.29. The van der Waals surface area contributed by atoms with Crippen molar-refractivity contribution < 1.29 is 4.42 Å². The first-order chi connectivity index (χ1) is 9.78. The number of imidazole rings is 1. The number of furan rings is 1. The molecular weight excluding hydrogens is 250 g/mol. The molecule has 0 fully saturated rings. The third-order valence-corrected chi connectivity index (χ3v) is 3.37. The molecule has 2 heterocycles. The van der Waals surface area contributed by atoms with Gasteiger partial charge in [-0.2, -0.15) is 0 Å². The molecule has 0 aliphatic heterocycles. The highest BCUT2D eigenvalue weighted by molar-refractivity contribution is 5.78. The molecule has 4 heteroatoms. The van der Waals surface area contributed by atoms with Gasteiger partial charge in [0, 0.05) is 17.8 Å². The van der Waals surface area contributed by atoms with Gasteiger partial charge in [-0.1, -0.05) is 18.6 Å². The third-order valence-electron chi connectivity index (χ3n) is 3.37. The average molecular weight is 269 g/mol. The number of hydrogen-bond acceptors (Lipinski definition) is 3. The smallest absolute Gasteiger partial charge is 0.134 e. The van der Waals surface area contributed by atoms with Crippen LogP contribution in [0.4, 0.5) is 0 Å². The van der Waals surface area contributed by atoms with Crippen LogP contribution >= 0.6 is 0 Å². The molecule has 2 N–H and O–H groups in total. The number of benzene rings is 1. The summed E-state index contributed by atoms with van der Waals surface area (Å²) in [6.07, 6.45) is 4.67. The Hall–Kier alpha value is -2.07. The molecule has 104 valence electrons. The molecule has 1 aromatic carbocycles. The molecular formula is C16H19N3O. The summed E-state index contributed by atoms with van der Waals surface area (Å²) < 4.78 is 5.98. The van der Waals surface area contributed by atoms with E-state index >= 15 is 0 Å². The van der Waals surface area contributed by atoms with Crippen molar-refractivity contribution in [3.05, 3.63) is 53.8 Å². The Balaban J connectivity index is 1.99. The zero-order chi connectivity index (χ0) is 13.9. The predicted octanol–water partition coefficient (Wildman–Crippen LogP) is 3.55. The minimum Gasteiger partial charge on any atom is -0.459 e. The van der Waals surface area contributed by atoms with Gasteiger partial charge in [0.1, 0.15) is 23.2 Å². The van der Waals surface area contributed by atoms with E-state index in [1.807, 2.05) is 12.3 Å². The van der Waals surface area contributed by atoms with Crippen molar-refractivity contribution in [3.63, 3.8) is 0 Å². The number of hydrogen-bond donors (Lipinski definition) is 2. The van der Waals surface area contributed by atoms with Crippen molar-refractivity contribution in [2.45, 2.75) is 26.3 Å². The van der Waals surface area contributed by atoms with Crippen molar-refractivity contribution in [2.75, 3.05) is 6.54 Å². The molecule has 0 amide bonds. The van der Waals surface area contributed by atoms with Gasteiger partial charge in [-0.05, 0) is 38.1 Å². The van der Waals surface area contributed by atoms with Crippen LogP contribution in [-0.2, 0) is 0 Å². The zero-order valence-electron chi connectivity index (χ0n) is 11.8. The average Bonchev–Trinajstić information content (AvgIpc) is 3.08. The summed E-state index contributed by atoms with van der Waals surface area (Å²) in [4.78, 5) is 7.52. The zero-order valence-corrected chi connectivity index (χ0v) is 11.8. The summed E-state index contributed by atoms with van der Waals surface area (Å²) in [5.41, 5.74) is 2.15. The van der Waals surface area contributed by atoms with Crippen LogP contribution in [0.15, 0.2) is 41.1 Å². The summed E-state index contributed by atoms with van der Waals surface area (Å²) in [5, 5.41) is 4.61. The maximum absolute atomic E-state index is 5.98. The molecule has 4 nitrogen and oxygen atoms in total. The van der Waals surface area contributed by atoms with Crippen LogP contribution < -0.4 is 5.32 Å². The van der Waals surface area contributed by atoms with E-state index in [0.29, 0.717) is 0 Å². The van der Waals surface area contributed by atoms with Gasteiger partial charge in [-0.3, -0.25) is 0 Å². The van der Waals surface area contributed by atoms with Crippen LogP contribution in [0.5, 0.6) is 0 Å². The second kappa shape index (κ2) is 5.51. The molecule has 0 radical (unpaired) electrons. The maximum atomic E-state index is 5.98. The summed E-state index contributed by atoms with van der Waals surface area (Å²) in [6.45, 7) is 5.15. The van der Waals surface area contributed by atoms with Gasteiger partial charge in [0.05, 0.1) is 0 Å². The summed E-state index contributed by atoms with van der Waals surface area (Å²) in [7, 11) is 0. The van der Waals surface area contributed by atoms with E-state index in [9.17, 15) is 0 Å². The molecule has 3 rings (SSSR count). The van der Waals surface area contributed by atoms with Crippen molar-refractivity contribution in [1.29, 1.82) is 0 Å². The Labute approximate surface area is 118 Å². The number of H-pyrrole nitrogens is 1. The summed E-state index contributed by atoms with van der Waals surface area (Å²) >= 11 is 0. The second-order valence-electron chi connectivity index (χ2n) is 5.05. The number of fused-ring (bicyclic) bond motifs is 1. The number of aryl methyl sites for hydroxylation is 1. The number of rotatable bonds is 5. The quantitative estimate of drug-likeness (QED) is 0.744. The fourth-order valence-corrected chi connectivity index (χ4v) is 2.38. The van der Waals surface area contributed by atoms with E-state index in [0.717, 1.165) is 35.5 Å². The first kappa shape index (κ1) is 12.9. The SMILES string of the molecule is CCCNC(c1ncc[nH]1)c1cc2cc(C)ccc2o1. The number of nitrogens with zero attached hydrogens (tertiary/aromatic N) is 1. The molecule has 0 saturated carbocycles. The highest BCUT2D eigenvalue weighted by Gasteiger charge is 2.20. The van der Waals surface area contributed by atoms with E-state index in [4.69, 9.17) is 4.42 Å². The molecule has 20 heavy (non-hydrogen) atoms. The lowest BCUT2D eigenvalue weighted by molar-refractivity contribution is 0.458. The maximum Gasteiger partial charge on any atom is 0.134 e. The van der Waals surface area contributed by atoms with Crippen LogP contribution in [0, 0.1) is 6.92 Å². The Kier molecular flexibility index (Phi) is 3.56. The third kappa shape index (κ3) is 2.47. The van der Waals surface area contributed by atoms with E-state index in [1.54, 1.807) is 6.20 Å². The van der Waals surface area contributed by atoms with E-state index in [1.165, 1.54) is 5.56 Å². The Morgan fingerprint density at radius 3 is 3.00 bits per heavy atom. The fourth-order valence-electron chi connectivity index (χ4n) is 2.38. The number of nitrogens with one attached hydrogen (secondary N) is 2. The van der Waals surface area contributed by atoms with Gasteiger partial charge in [0.15, 0.2) is 0 Å². The van der Waals surface area contributed by atoms with Crippen molar-refractivity contribution >= 4 is 11.0 Å². The lowest BCUT2D eigenvalue weighted by atomic mass is 10.1. The fraction of sp³-hybridized carbons (Fsp3) is 0.312. The van der Waals surface area contributed by atoms with Crippen LogP contribution in [-0.4, -0.2) is 16.5 Å². The second-order valence-corrected chi connectivity index (χ2v) is 5.05. The van der Waals surface area contributed by atoms with Crippen molar-refractivity contribution in [2.24, 2.45) is 0 Å². The monoisotopic (exact) mass is 269 g/mol. The molecule has 2 aromatic heterocycles. The molecule has 0 aliphatic rings. The first-order valence-corrected chi connectivity index (χ1v) is 7.00. The van der Waals surface area contributed by atoms with Gasteiger partial charge in [-0.15, -0.1) is 0 Å². The molecule has 1 atom stereocenters.